The first-order valence-corrected chi connectivity index (χ1v) is 5.34. The van der Waals surface area contributed by atoms with Gasteiger partial charge in [-0.1, -0.05) is 43.9 Å². The Hall–Kier alpha value is -0.715. The molecule has 0 atom stereocenters. The van der Waals surface area contributed by atoms with Gasteiger partial charge in [0.15, 0.2) is 0 Å². The van der Waals surface area contributed by atoms with E-state index in [4.69, 9.17) is 0 Å². The minimum atomic E-state index is 1.16. The third kappa shape index (κ3) is 1.96. The van der Waals surface area contributed by atoms with Gasteiger partial charge in [0.05, 0.1) is 0 Å². The van der Waals surface area contributed by atoms with Gasteiger partial charge >= 0.3 is 0 Å². The Balaban J connectivity index is 3.27. The summed E-state index contributed by atoms with van der Waals surface area (Å²) in [4.78, 5) is 0. The number of rotatable bonds is 3. The predicted octanol–water partition coefficient (Wildman–Crippen LogP) is 1.63. The molecule has 1 heteroatoms. The molecule has 0 saturated heterocycles. The Bertz CT molecular complexity index is 289. The van der Waals surface area contributed by atoms with Crippen LogP contribution in [0.1, 0.15) is 37.5 Å². The molecule has 0 nitrogen and oxygen atoms in total. The van der Waals surface area contributed by atoms with Crippen LogP contribution in [0.5, 0.6) is 0 Å². The van der Waals surface area contributed by atoms with Gasteiger partial charge in [-0.05, 0) is 30.4 Å². The molecule has 1 aromatic carbocycles. The van der Waals surface area contributed by atoms with E-state index in [1.807, 2.05) is 0 Å². The van der Waals surface area contributed by atoms with Gasteiger partial charge in [-0.25, -0.2) is 0 Å². The lowest BCUT2D eigenvalue weighted by Gasteiger charge is -2.14. The molecule has 0 bridgehead atoms. The SMILES string of the molecule is Bc1ccc(CC)c(CC)c1CC. The molecule has 13 heavy (non-hydrogen) atoms. The van der Waals surface area contributed by atoms with E-state index in [0.29, 0.717) is 0 Å². The second kappa shape index (κ2) is 4.50. The fraction of sp³-hybridized carbons (Fsp3) is 0.500. The van der Waals surface area contributed by atoms with Crippen LogP contribution >= 0.6 is 0 Å². The van der Waals surface area contributed by atoms with Crippen LogP contribution in [-0.4, -0.2) is 7.85 Å². The zero-order valence-electron chi connectivity index (χ0n) is 9.28. The van der Waals surface area contributed by atoms with Crippen LogP contribution in [0.2, 0.25) is 0 Å². The summed E-state index contributed by atoms with van der Waals surface area (Å²) in [6.45, 7) is 6.75. The molecule has 1 aromatic rings. The van der Waals surface area contributed by atoms with E-state index in [1.54, 1.807) is 11.1 Å². The molecular weight excluding hydrogens is 155 g/mol. The molecule has 0 aliphatic heterocycles. The average Bonchev–Trinajstić information content (AvgIpc) is 2.17. The van der Waals surface area contributed by atoms with Crippen molar-refractivity contribution in [2.24, 2.45) is 0 Å². The maximum absolute atomic E-state index is 2.29. The molecule has 0 fully saturated rings. The van der Waals surface area contributed by atoms with E-state index in [2.05, 4.69) is 40.8 Å². The largest absolute Gasteiger partial charge is 0.139 e. The second-order valence-corrected chi connectivity index (χ2v) is 3.56. The molecule has 0 unspecified atom stereocenters. The zero-order valence-corrected chi connectivity index (χ0v) is 9.28. The monoisotopic (exact) mass is 174 g/mol. The maximum Gasteiger partial charge on any atom is 0.139 e. The lowest BCUT2D eigenvalue weighted by atomic mass is 9.83. The molecule has 0 heterocycles. The molecule has 0 amide bonds. The molecule has 70 valence electrons. The van der Waals surface area contributed by atoms with E-state index in [1.165, 1.54) is 23.9 Å². The van der Waals surface area contributed by atoms with Gasteiger partial charge in [0.1, 0.15) is 7.85 Å². The van der Waals surface area contributed by atoms with Crippen LogP contribution < -0.4 is 5.46 Å². The summed E-state index contributed by atoms with van der Waals surface area (Å²) >= 11 is 0. The van der Waals surface area contributed by atoms with Gasteiger partial charge in [-0.3, -0.25) is 0 Å². The van der Waals surface area contributed by atoms with Crippen LogP contribution in [0, 0.1) is 0 Å². The molecule has 0 radical (unpaired) electrons. The van der Waals surface area contributed by atoms with E-state index in [9.17, 15) is 0 Å². The van der Waals surface area contributed by atoms with E-state index in [-0.39, 0.29) is 0 Å². The van der Waals surface area contributed by atoms with Crippen molar-refractivity contribution in [2.45, 2.75) is 40.0 Å². The lowest BCUT2D eigenvalue weighted by Crippen LogP contribution is -2.14. The molecule has 0 aliphatic rings. The van der Waals surface area contributed by atoms with Gasteiger partial charge < -0.3 is 0 Å². The van der Waals surface area contributed by atoms with Crippen molar-refractivity contribution in [2.75, 3.05) is 0 Å². The van der Waals surface area contributed by atoms with Gasteiger partial charge in [0.2, 0.25) is 0 Å². The Kier molecular flexibility index (Phi) is 3.59. The number of hydrogen-bond acceptors (Lipinski definition) is 0. The van der Waals surface area contributed by atoms with Crippen molar-refractivity contribution in [1.29, 1.82) is 0 Å². The normalized spacial score (nSPS) is 10.4. The summed E-state index contributed by atoms with van der Waals surface area (Å²) in [6.07, 6.45) is 3.51. The predicted molar refractivity (Wildman–Crippen MR) is 62.8 cm³/mol. The minimum Gasteiger partial charge on any atom is -0.0855 e. The first kappa shape index (κ1) is 10.4. The molecule has 0 aromatic heterocycles. The van der Waals surface area contributed by atoms with Crippen LogP contribution in [-0.2, 0) is 19.3 Å². The van der Waals surface area contributed by atoms with Gasteiger partial charge in [0, 0.05) is 0 Å². The van der Waals surface area contributed by atoms with E-state index >= 15 is 0 Å². The van der Waals surface area contributed by atoms with Crippen LogP contribution in [0.4, 0.5) is 0 Å². The summed E-state index contributed by atoms with van der Waals surface area (Å²) in [7, 11) is 2.22. The summed E-state index contributed by atoms with van der Waals surface area (Å²) in [5.41, 5.74) is 6.15. The van der Waals surface area contributed by atoms with E-state index < -0.39 is 0 Å². The quantitative estimate of drug-likeness (QED) is 0.611. The molecular formula is C12H19B. The molecule has 0 spiro atoms. The number of benzene rings is 1. The number of hydrogen-bond donors (Lipinski definition) is 0. The highest BCUT2D eigenvalue weighted by molar-refractivity contribution is 6.33. The molecule has 1 rings (SSSR count). The van der Waals surface area contributed by atoms with Crippen molar-refractivity contribution in [3.8, 4) is 0 Å². The highest BCUT2D eigenvalue weighted by atomic mass is 14.1. The summed E-state index contributed by atoms with van der Waals surface area (Å²) < 4.78 is 0. The van der Waals surface area contributed by atoms with Crippen molar-refractivity contribution >= 4 is 13.3 Å². The first-order chi connectivity index (χ1) is 6.24. The third-order valence-electron chi connectivity index (χ3n) is 2.85. The minimum absolute atomic E-state index is 1.16. The average molecular weight is 174 g/mol. The first-order valence-electron chi connectivity index (χ1n) is 5.34. The molecule has 0 N–H and O–H groups in total. The smallest absolute Gasteiger partial charge is 0.0855 e. The van der Waals surface area contributed by atoms with Crippen LogP contribution in [0.3, 0.4) is 0 Å². The highest BCUT2D eigenvalue weighted by Crippen LogP contribution is 2.14. The molecule has 0 aliphatic carbocycles. The molecule has 0 saturated carbocycles. The lowest BCUT2D eigenvalue weighted by molar-refractivity contribution is 0.988. The summed E-state index contributed by atoms with van der Waals surface area (Å²) in [5.74, 6) is 0. The third-order valence-corrected chi connectivity index (χ3v) is 2.85. The van der Waals surface area contributed by atoms with Crippen molar-refractivity contribution in [3.05, 3.63) is 28.8 Å². The Labute approximate surface area is 82.8 Å². The highest BCUT2D eigenvalue weighted by Gasteiger charge is 2.06. The van der Waals surface area contributed by atoms with Crippen molar-refractivity contribution < 1.29 is 0 Å². The maximum atomic E-state index is 2.29. The van der Waals surface area contributed by atoms with Crippen molar-refractivity contribution in [3.63, 3.8) is 0 Å². The van der Waals surface area contributed by atoms with Gasteiger partial charge in [0.25, 0.3) is 0 Å². The fourth-order valence-electron chi connectivity index (χ4n) is 2.12. The topological polar surface area (TPSA) is 0 Å². The van der Waals surface area contributed by atoms with Crippen LogP contribution in [0.15, 0.2) is 12.1 Å². The number of aryl methyl sites for hydroxylation is 1. The van der Waals surface area contributed by atoms with E-state index in [0.717, 1.165) is 6.42 Å². The van der Waals surface area contributed by atoms with Gasteiger partial charge in [-0.2, -0.15) is 0 Å². The Morgan fingerprint density at radius 3 is 2.00 bits per heavy atom. The zero-order chi connectivity index (χ0) is 9.84. The van der Waals surface area contributed by atoms with Crippen LogP contribution in [0.25, 0.3) is 0 Å². The second-order valence-electron chi connectivity index (χ2n) is 3.56. The standard InChI is InChI=1S/C12H19B/c1-4-9-7-8-12(13)11(6-3)10(9)5-2/h7-8H,4-6,13H2,1-3H3. The summed E-state index contributed by atoms with van der Waals surface area (Å²) in [5, 5.41) is 0. The summed E-state index contributed by atoms with van der Waals surface area (Å²) in [6, 6.07) is 4.55. The Morgan fingerprint density at radius 2 is 1.54 bits per heavy atom. The van der Waals surface area contributed by atoms with Crippen molar-refractivity contribution in [1.82, 2.24) is 0 Å². The Morgan fingerprint density at radius 1 is 0.923 bits per heavy atom. The van der Waals surface area contributed by atoms with Gasteiger partial charge in [-0.15, -0.1) is 0 Å². The fourth-order valence-corrected chi connectivity index (χ4v) is 2.12.